The highest BCUT2D eigenvalue weighted by Gasteiger charge is 2.06. The maximum Gasteiger partial charge on any atom is 0.130 e. The van der Waals surface area contributed by atoms with Crippen LogP contribution in [-0.4, -0.2) is 12.1 Å². The van der Waals surface area contributed by atoms with Gasteiger partial charge in [0.15, 0.2) is 0 Å². The zero-order valence-electron chi connectivity index (χ0n) is 10.4. The van der Waals surface area contributed by atoms with Crippen LogP contribution >= 0.6 is 21.8 Å². The number of benzene rings is 2. The minimum Gasteiger partial charge on any atom is -0.508 e. The molecule has 2 radical (unpaired) electrons. The lowest BCUT2D eigenvalue weighted by Crippen LogP contribution is -1.92. The van der Waals surface area contributed by atoms with Gasteiger partial charge in [0.2, 0.25) is 0 Å². The van der Waals surface area contributed by atoms with Crippen LogP contribution < -0.4 is 0 Å². The summed E-state index contributed by atoms with van der Waals surface area (Å²) < 4.78 is 13.0. The average molecular weight is 384 g/mol. The average Bonchev–Trinajstić information content (AvgIpc) is 2.41. The van der Waals surface area contributed by atoms with Crippen molar-refractivity contribution in [3.63, 3.8) is 0 Å². The molecule has 0 atom stereocenters. The Morgan fingerprint density at radius 2 is 1.84 bits per heavy atom. The molecule has 0 heterocycles. The Kier molecular flexibility index (Phi) is 5.39. The van der Waals surface area contributed by atoms with Crippen molar-refractivity contribution in [2.45, 2.75) is 18.9 Å². The Hall–Kier alpha value is -0.883. The van der Waals surface area contributed by atoms with Crippen molar-refractivity contribution in [2.24, 2.45) is 0 Å². The summed E-state index contributed by atoms with van der Waals surface area (Å²) in [7, 11) is 0.926. The molecule has 19 heavy (non-hydrogen) atoms. The van der Waals surface area contributed by atoms with E-state index in [-0.39, 0.29) is 11.6 Å². The molecule has 2 rings (SSSR count). The van der Waals surface area contributed by atoms with E-state index in [0.717, 1.165) is 36.5 Å². The highest BCUT2D eigenvalue weighted by atomic mass is 127. The molecule has 4 heteroatoms. The molecule has 1 nitrogen and oxygen atoms in total. The number of aryl methyl sites for hydroxylation is 1. The first-order valence-corrected chi connectivity index (χ1v) is 10.4. The molecule has 0 unspecified atom stereocenters. The van der Waals surface area contributed by atoms with E-state index in [2.05, 4.69) is 21.8 Å². The zero-order valence-corrected chi connectivity index (χ0v) is 13.5. The van der Waals surface area contributed by atoms with Crippen molar-refractivity contribution in [3.8, 4) is 16.9 Å². The van der Waals surface area contributed by atoms with Crippen molar-refractivity contribution in [1.29, 1.82) is 0 Å². The number of hydrogen-bond acceptors (Lipinski definition) is 1. The summed E-state index contributed by atoms with van der Waals surface area (Å²) in [6.07, 6.45) is 2.05. The predicted octanol–water partition coefficient (Wildman–Crippen LogP) is 4.60. The Balaban J connectivity index is 2.30. The zero-order chi connectivity index (χ0) is 13.7. The summed E-state index contributed by atoms with van der Waals surface area (Å²) >= 11 is 2.40. The smallest absolute Gasteiger partial charge is 0.130 e. The van der Waals surface area contributed by atoms with Gasteiger partial charge in [-0.15, -0.1) is 21.8 Å². The number of rotatable bonds is 5. The van der Waals surface area contributed by atoms with E-state index in [0.29, 0.717) is 0 Å². The fraction of sp³-hybridized carbons (Fsp3) is 0.200. The molecule has 0 fully saturated rings. The summed E-state index contributed by atoms with van der Waals surface area (Å²) in [5.74, 6) is 0.0629. The van der Waals surface area contributed by atoms with Crippen LogP contribution in [0, 0.1) is 5.82 Å². The molecule has 0 aromatic heterocycles. The number of hydrogen-bond donors (Lipinski definition) is 1. The van der Waals surface area contributed by atoms with Crippen LogP contribution in [0.3, 0.4) is 0 Å². The molecular weight excluding hydrogens is 370 g/mol. The fourth-order valence-electron chi connectivity index (χ4n) is 2.04. The van der Waals surface area contributed by atoms with Crippen LogP contribution in [0.1, 0.15) is 12.0 Å². The molecule has 0 aliphatic carbocycles. The summed E-state index contributed by atoms with van der Waals surface area (Å²) in [5, 5.41) is 9.63. The largest absolute Gasteiger partial charge is 0.508 e. The van der Waals surface area contributed by atoms with Crippen LogP contribution in [0.5, 0.6) is 5.75 Å². The Labute approximate surface area is 127 Å². The van der Waals surface area contributed by atoms with E-state index in [1.165, 1.54) is 18.2 Å². The van der Waals surface area contributed by atoms with Gasteiger partial charge in [0.1, 0.15) is 18.6 Å². The predicted molar refractivity (Wildman–Crippen MR) is 86.4 cm³/mol. The number of halogens is 2. The molecule has 0 spiro atoms. The highest BCUT2D eigenvalue weighted by molar-refractivity contribution is 14.1. The van der Waals surface area contributed by atoms with E-state index in [4.69, 9.17) is 0 Å². The van der Waals surface area contributed by atoms with Gasteiger partial charge in [-0.1, -0.05) is 30.7 Å². The lowest BCUT2D eigenvalue weighted by Gasteiger charge is -2.10. The third-order valence-corrected chi connectivity index (χ3v) is 5.12. The lowest BCUT2D eigenvalue weighted by atomic mass is 9.96. The molecule has 2 aromatic rings. The molecule has 2 aromatic carbocycles. The number of phenols is 1. The second-order valence-electron chi connectivity index (χ2n) is 4.34. The third kappa shape index (κ3) is 4.04. The van der Waals surface area contributed by atoms with E-state index in [1.807, 2.05) is 12.1 Å². The topological polar surface area (TPSA) is 20.2 Å². The van der Waals surface area contributed by atoms with Gasteiger partial charge in [-0.2, -0.15) is 0 Å². The molecule has 0 amide bonds. The van der Waals surface area contributed by atoms with E-state index in [1.54, 1.807) is 18.2 Å². The van der Waals surface area contributed by atoms with Gasteiger partial charge in [-0.3, -0.25) is 0 Å². The molecule has 0 aliphatic heterocycles. The Morgan fingerprint density at radius 3 is 2.53 bits per heavy atom. The van der Waals surface area contributed by atoms with Crippen molar-refractivity contribution < 1.29 is 9.50 Å². The summed E-state index contributed by atoms with van der Waals surface area (Å²) in [6.45, 7) is 0. The van der Waals surface area contributed by atoms with Gasteiger partial charge in [-0.25, -0.2) is 4.39 Å². The normalized spacial score (nSPS) is 10.6. The standard InChI is InChI=1S/C15H14FIOSi/c16-13-5-3-11(4-6-13)15-8-7-14(18)10-12(15)2-1-9-19-17/h3-8,10,18H,1-2,9H2. The van der Waals surface area contributed by atoms with Gasteiger partial charge in [0.25, 0.3) is 0 Å². The van der Waals surface area contributed by atoms with Crippen molar-refractivity contribution in [3.05, 3.63) is 53.8 Å². The Morgan fingerprint density at radius 1 is 1.11 bits per heavy atom. The number of aromatic hydroxyl groups is 1. The van der Waals surface area contributed by atoms with E-state index in [9.17, 15) is 9.50 Å². The quantitative estimate of drug-likeness (QED) is 0.346. The van der Waals surface area contributed by atoms with Gasteiger partial charge < -0.3 is 5.11 Å². The SMILES string of the molecule is Oc1ccc(-c2ccc(F)cc2)c(CCC[Si]I)c1. The monoisotopic (exact) mass is 384 g/mol. The van der Waals surface area contributed by atoms with Crippen molar-refractivity contribution in [2.75, 3.05) is 0 Å². The third-order valence-electron chi connectivity index (χ3n) is 2.96. The summed E-state index contributed by atoms with van der Waals surface area (Å²) in [5.41, 5.74) is 3.20. The van der Waals surface area contributed by atoms with Crippen molar-refractivity contribution in [1.82, 2.24) is 0 Å². The van der Waals surface area contributed by atoms with E-state index >= 15 is 0 Å². The van der Waals surface area contributed by atoms with Crippen LogP contribution in [0.15, 0.2) is 42.5 Å². The molecule has 1 N–H and O–H groups in total. The minimum absolute atomic E-state index is 0.227. The van der Waals surface area contributed by atoms with Crippen LogP contribution in [-0.2, 0) is 6.42 Å². The molecular formula is C15H14FIOSi. The first kappa shape index (κ1) is 14.5. The fourth-order valence-corrected chi connectivity index (χ4v) is 3.50. The van der Waals surface area contributed by atoms with Gasteiger partial charge in [-0.05, 0) is 47.4 Å². The molecule has 0 bridgehead atoms. The number of phenolic OH excluding ortho intramolecular Hbond substituents is 1. The first-order valence-electron chi connectivity index (χ1n) is 6.12. The molecule has 0 saturated carbocycles. The molecule has 0 aliphatic rings. The maximum atomic E-state index is 13.0. The summed E-state index contributed by atoms with van der Waals surface area (Å²) in [6, 6.07) is 13.1. The second kappa shape index (κ2) is 7.05. The van der Waals surface area contributed by atoms with Gasteiger partial charge in [0.05, 0.1) is 0 Å². The first-order chi connectivity index (χ1) is 9.20. The summed E-state index contributed by atoms with van der Waals surface area (Å²) in [4.78, 5) is 0. The molecule has 0 saturated heterocycles. The van der Waals surface area contributed by atoms with E-state index < -0.39 is 0 Å². The second-order valence-corrected chi connectivity index (χ2v) is 7.39. The van der Waals surface area contributed by atoms with Crippen LogP contribution in [0.4, 0.5) is 4.39 Å². The minimum atomic E-state index is -0.227. The maximum absolute atomic E-state index is 13.0. The Bertz CT molecular complexity index is 542. The van der Waals surface area contributed by atoms with Crippen LogP contribution in [0.2, 0.25) is 6.04 Å². The highest BCUT2D eigenvalue weighted by Crippen LogP contribution is 2.28. The van der Waals surface area contributed by atoms with Gasteiger partial charge in [0, 0.05) is 0 Å². The lowest BCUT2D eigenvalue weighted by molar-refractivity contribution is 0.474. The molecule has 98 valence electrons. The van der Waals surface area contributed by atoms with Crippen LogP contribution in [0.25, 0.3) is 11.1 Å². The van der Waals surface area contributed by atoms with Crippen molar-refractivity contribution >= 4 is 28.8 Å². The van der Waals surface area contributed by atoms with Gasteiger partial charge >= 0.3 is 0 Å².